The third-order valence-corrected chi connectivity index (χ3v) is 6.21. The number of thioether (sulfide) groups is 2. The van der Waals surface area contributed by atoms with Gasteiger partial charge in [0.15, 0.2) is 0 Å². The molecule has 0 aromatic carbocycles. The molecule has 2 aliphatic heterocycles. The van der Waals surface area contributed by atoms with Crippen LogP contribution in [-0.2, 0) is 9.59 Å². The minimum absolute atomic E-state index is 0.0775. The largest absolute Gasteiger partial charge is 0.477 e. The third-order valence-electron chi connectivity index (χ3n) is 3.98. The first-order chi connectivity index (χ1) is 11.0. The number of hydrogen-bond acceptors (Lipinski definition) is 6. The molecule has 23 heavy (non-hydrogen) atoms. The number of carboxylic acid groups (broad SMARTS) is 1. The Bertz CT molecular complexity index is 663. The number of β-lactam (4-membered cyclic amide) rings is 1. The monoisotopic (exact) mass is 352 g/mol. The number of carboxylic acids is 1. The van der Waals surface area contributed by atoms with Gasteiger partial charge in [0.05, 0.1) is 18.1 Å². The van der Waals surface area contributed by atoms with Crippen LogP contribution in [0.5, 0.6) is 0 Å². The van der Waals surface area contributed by atoms with E-state index in [-0.39, 0.29) is 17.6 Å². The fourth-order valence-corrected chi connectivity index (χ4v) is 5.23. The van der Waals surface area contributed by atoms with E-state index in [4.69, 9.17) is 0 Å². The first kappa shape index (κ1) is 16.4. The molecule has 0 radical (unpaired) electrons. The van der Waals surface area contributed by atoms with Gasteiger partial charge < -0.3 is 15.1 Å². The highest BCUT2D eigenvalue weighted by atomic mass is 32.2. The first-order valence-corrected chi connectivity index (χ1v) is 9.11. The third kappa shape index (κ3) is 2.98. The van der Waals surface area contributed by atoms with Crippen LogP contribution in [0.4, 0.5) is 0 Å². The van der Waals surface area contributed by atoms with Crippen LogP contribution in [0.3, 0.4) is 0 Å². The van der Waals surface area contributed by atoms with Gasteiger partial charge >= 0.3 is 5.97 Å². The van der Waals surface area contributed by atoms with E-state index in [1.807, 2.05) is 12.1 Å². The summed E-state index contributed by atoms with van der Waals surface area (Å²) in [4.78, 5) is 30.7. The van der Waals surface area contributed by atoms with Gasteiger partial charge in [-0.2, -0.15) is 0 Å². The van der Waals surface area contributed by atoms with Gasteiger partial charge in [-0.15, -0.1) is 23.5 Å². The molecule has 1 aromatic heterocycles. The SMILES string of the molecule is C[C@@H](O)[C@H]1C(=O)N2C(C(=O)O)=C(SCSc3cccnc3)C[C@H]12. The highest BCUT2D eigenvalue weighted by Crippen LogP contribution is 2.47. The van der Waals surface area contributed by atoms with E-state index in [1.165, 1.54) is 16.7 Å². The average molecular weight is 352 g/mol. The van der Waals surface area contributed by atoms with Crippen molar-refractivity contribution in [1.82, 2.24) is 9.88 Å². The molecule has 2 N–H and O–H groups in total. The molecule has 1 amide bonds. The predicted molar refractivity (Wildman–Crippen MR) is 87.6 cm³/mol. The van der Waals surface area contributed by atoms with Gasteiger partial charge in [-0.1, -0.05) is 0 Å². The Balaban J connectivity index is 1.69. The van der Waals surface area contributed by atoms with E-state index >= 15 is 0 Å². The van der Waals surface area contributed by atoms with Gasteiger partial charge in [-0.25, -0.2) is 4.79 Å². The van der Waals surface area contributed by atoms with E-state index < -0.39 is 18.0 Å². The van der Waals surface area contributed by atoms with Crippen LogP contribution in [-0.4, -0.2) is 49.2 Å². The van der Waals surface area contributed by atoms with Gasteiger partial charge in [0.25, 0.3) is 0 Å². The van der Waals surface area contributed by atoms with Crippen LogP contribution in [0.15, 0.2) is 40.0 Å². The maximum atomic E-state index is 12.1. The lowest BCUT2D eigenvalue weighted by Gasteiger charge is -2.44. The number of carbonyl (C=O) groups is 2. The fourth-order valence-electron chi connectivity index (χ4n) is 2.96. The van der Waals surface area contributed by atoms with Crippen molar-refractivity contribution >= 4 is 35.4 Å². The summed E-state index contributed by atoms with van der Waals surface area (Å²) in [6.07, 6.45) is 3.20. The van der Waals surface area contributed by atoms with E-state index in [0.29, 0.717) is 16.4 Å². The normalized spacial score (nSPS) is 24.4. The molecule has 122 valence electrons. The van der Waals surface area contributed by atoms with Gasteiger partial charge in [0, 0.05) is 33.7 Å². The van der Waals surface area contributed by atoms with Crippen molar-refractivity contribution in [2.24, 2.45) is 5.92 Å². The Labute approximate surface area is 142 Å². The Hall–Kier alpha value is -1.51. The number of amides is 1. The number of carbonyl (C=O) groups excluding carboxylic acids is 1. The van der Waals surface area contributed by atoms with Crippen molar-refractivity contribution in [3.05, 3.63) is 35.1 Å². The Morgan fingerprint density at radius 3 is 2.91 bits per heavy atom. The molecule has 0 unspecified atom stereocenters. The van der Waals surface area contributed by atoms with Crippen LogP contribution in [0.2, 0.25) is 0 Å². The number of aliphatic hydroxyl groups is 1. The minimum atomic E-state index is -1.08. The number of rotatable bonds is 6. The molecule has 1 fully saturated rings. The second kappa shape index (κ2) is 6.54. The van der Waals surface area contributed by atoms with Crippen molar-refractivity contribution in [1.29, 1.82) is 0 Å². The van der Waals surface area contributed by atoms with E-state index in [1.54, 1.807) is 31.1 Å². The zero-order valence-corrected chi connectivity index (χ0v) is 14.0. The summed E-state index contributed by atoms with van der Waals surface area (Å²) >= 11 is 3.01. The summed E-state index contributed by atoms with van der Waals surface area (Å²) in [5.74, 6) is -1.87. The van der Waals surface area contributed by atoms with Gasteiger partial charge in [0.1, 0.15) is 5.70 Å². The molecule has 6 nitrogen and oxygen atoms in total. The quantitative estimate of drug-likeness (QED) is 0.458. The van der Waals surface area contributed by atoms with Crippen LogP contribution < -0.4 is 0 Å². The van der Waals surface area contributed by atoms with Crippen molar-refractivity contribution in [3.63, 3.8) is 0 Å². The van der Waals surface area contributed by atoms with Crippen LogP contribution in [0.25, 0.3) is 0 Å². The van der Waals surface area contributed by atoms with Gasteiger partial charge in [-0.3, -0.25) is 9.78 Å². The van der Waals surface area contributed by atoms with Crippen molar-refractivity contribution in [3.8, 4) is 0 Å². The Morgan fingerprint density at radius 2 is 2.30 bits per heavy atom. The molecule has 1 saturated heterocycles. The Morgan fingerprint density at radius 1 is 1.52 bits per heavy atom. The summed E-state index contributed by atoms with van der Waals surface area (Å²) in [7, 11) is 0. The molecule has 3 atom stereocenters. The van der Waals surface area contributed by atoms with Crippen LogP contribution in [0, 0.1) is 5.92 Å². The summed E-state index contributed by atoms with van der Waals surface area (Å²) in [6, 6.07) is 3.57. The highest BCUT2D eigenvalue weighted by Gasteiger charge is 2.56. The lowest BCUT2D eigenvalue weighted by molar-refractivity contribution is -0.161. The molecule has 0 spiro atoms. The highest BCUT2D eigenvalue weighted by molar-refractivity contribution is 8.17. The fraction of sp³-hybridized carbons (Fsp3) is 0.400. The summed E-state index contributed by atoms with van der Waals surface area (Å²) in [5.41, 5.74) is 0.0775. The van der Waals surface area contributed by atoms with Crippen molar-refractivity contribution in [2.45, 2.75) is 30.4 Å². The molecular formula is C15H16N2O4S2. The second-order valence-electron chi connectivity index (χ2n) is 5.42. The summed E-state index contributed by atoms with van der Waals surface area (Å²) in [5, 5.41) is 19.8. The average Bonchev–Trinajstić information content (AvgIpc) is 2.82. The lowest BCUT2D eigenvalue weighted by Crippen LogP contribution is -2.61. The zero-order valence-electron chi connectivity index (χ0n) is 12.4. The number of aromatic nitrogens is 1. The molecule has 2 aliphatic rings. The maximum absolute atomic E-state index is 12.1. The van der Waals surface area contributed by atoms with E-state index in [9.17, 15) is 19.8 Å². The topological polar surface area (TPSA) is 90.7 Å². The standard InChI is InChI=1S/C15H16N2O4S2/c1-8(18)12-10-5-11(13(15(20)21)17(10)14(12)19)23-7-22-9-3-2-4-16-6-9/h2-4,6,8,10,12,18H,5,7H2,1H3,(H,20,21)/t8-,10-,12-/m1/s1. The predicted octanol–water partition coefficient (Wildman–Crippen LogP) is 1.77. The van der Waals surface area contributed by atoms with Crippen LogP contribution >= 0.6 is 23.5 Å². The van der Waals surface area contributed by atoms with Crippen molar-refractivity contribution in [2.75, 3.05) is 5.08 Å². The summed E-state index contributed by atoms with van der Waals surface area (Å²) in [6.45, 7) is 1.57. The molecular weight excluding hydrogens is 336 g/mol. The second-order valence-corrected chi connectivity index (χ2v) is 7.90. The van der Waals surface area contributed by atoms with Crippen molar-refractivity contribution < 1.29 is 19.8 Å². The number of fused-ring (bicyclic) bond motifs is 1. The number of hydrogen-bond donors (Lipinski definition) is 2. The molecule has 0 saturated carbocycles. The molecule has 0 aliphatic carbocycles. The smallest absolute Gasteiger partial charge is 0.353 e. The number of pyridine rings is 1. The Kier molecular flexibility index (Phi) is 4.65. The van der Waals surface area contributed by atoms with Crippen LogP contribution in [0.1, 0.15) is 13.3 Å². The van der Waals surface area contributed by atoms with E-state index in [2.05, 4.69) is 4.98 Å². The number of nitrogens with zero attached hydrogens (tertiary/aromatic N) is 2. The zero-order chi connectivity index (χ0) is 16.6. The summed E-state index contributed by atoms with van der Waals surface area (Å²) < 4.78 is 0. The molecule has 1 aromatic rings. The molecule has 3 heterocycles. The number of aliphatic hydroxyl groups excluding tert-OH is 1. The maximum Gasteiger partial charge on any atom is 0.353 e. The number of aliphatic carboxylic acids is 1. The molecule has 0 bridgehead atoms. The van der Waals surface area contributed by atoms with Gasteiger partial charge in [-0.05, 0) is 19.1 Å². The minimum Gasteiger partial charge on any atom is -0.477 e. The first-order valence-electron chi connectivity index (χ1n) is 7.14. The lowest BCUT2D eigenvalue weighted by atomic mass is 9.83. The molecule has 3 rings (SSSR count). The van der Waals surface area contributed by atoms with Gasteiger partial charge in [0.2, 0.25) is 5.91 Å². The van der Waals surface area contributed by atoms with E-state index in [0.717, 1.165) is 4.90 Å². The molecule has 8 heteroatoms.